The predicted octanol–water partition coefficient (Wildman–Crippen LogP) is 2.92. The summed E-state index contributed by atoms with van der Waals surface area (Å²) in [4.78, 5) is 29.9. The Kier molecular flexibility index (Phi) is 5.02. The molecule has 2 heterocycles. The van der Waals surface area contributed by atoms with Gasteiger partial charge < -0.3 is 10.2 Å². The van der Waals surface area contributed by atoms with Crippen molar-refractivity contribution in [3.63, 3.8) is 0 Å². The van der Waals surface area contributed by atoms with Gasteiger partial charge in [-0.05, 0) is 29.8 Å². The molecule has 1 aliphatic rings. The van der Waals surface area contributed by atoms with Gasteiger partial charge in [0.05, 0.1) is 21.7 Å². The predicted molar refractivity (Wildman–Crippen MR) is 92.0 cm³/mol. The molecule has 24 heavy (non-hydrogen) atoms. The average molecular weight is 364 g/mol. The molecule has 5 nitrogen and oxygen atoms in total. The van der Waals surface area contributed by atoms with Crippen LogP contribution in [0.1, 0.15) is 22.3 Å². The van der Waals surface area contributed by atoms with Gasteiger partial charge in [0.2, 0.25) is 5.91 Å². The zero-order chi connectivity index (χ0) is 17.1. The smallest absolute Gasteiger partial charge is 0.253 e. The van der Waals surface area contributed by atoms with Crippen LogP contribution in [0.3, 0.4) is 0 Å². The van der Waals surface area contributed by atoms with E-state index >= 15 is 0 Å². The van der Waals surface area contributed by atoms with Crippen molar-refractivity contribution in [3.05, 3.63) is 63.9 Å². The first kappa shape index (κ1) is 16.7. The van der Waals surface area contributed by atoms with Crippen molar-refractivity contribution in [2.24, 2.45) is 0 Å². The van der Waals surface area contributed by atoms with Gasteiger partial charge in [-0.2, -0.15) is 0 Å². The zero-order valence-electron chi connectivity index (χ0n) is 12.7. The first-order valence-electron chi connectivity index (χ1n) is 7.45. The minimum Gasteiger partial charge on any atom is -0.347 e. The number of aromatic nitrogens is 1. The molecule has 7 heteroatoms. The third-order valence-electron chi connectivity index (χ3n) is 3.83. The maximum atomic E-state index is 12.2. The van der Waals surface area contributed by atoms with E-state index in [4.69, 9.17) is 23.2 Å². The number of rotatable bonds is 4. The van der Waals surface area contributed by atoms with E-state index < -0.39 is 0 Å². The Hall–Kier alpha value is -2.11. The number of halogens is 2. The minimum atomic E-state index is -0.225. The summed E-state index contributed by atoms with van der Waals surface area (Å²) >= 11 is 11.9. The van der Waals surface area contributed by atoms with E-state index in [0.29, 0.717) is 28.7 Å². The van der Waals surface area contributed by atoms with Crippen molar-refractivity contribution in [1.29, 1.82) is 0 Å². The van der Waals surface area contributed by atoms with Crippen molar-refractivity contribution in [2.45, 2.75) is 19.0 Å². The van der Waals surface area contributed by atoms with Gasteiger partial charge in [-0.3, -0.25) is 14.6 Å². The van der Waals surface area contributed by atoms with E-state index in [1.807, 2.05) is 6.07 Å². The number of nitrogens with zero attached hydrogens (tertiary/aromatic N) is 2. The number of nitrogens with one attached hydrogen (secondary N) is 1. The van der Waals surface area contributed by atoms with Gasteiger partial charge in [-0.1, -0.05) is 29.3 Å². The van der Waals surface area contributed by atoms with Crippen LogP contribution >= 0.6 is 23.2 Å². The summed E-state index contributed by atoms with van der Waals surface area (Å²) < 4.78 is 0. The fourth-order valence-electron chi connectivity index (χ4n) is 2.65. The Bertz CT molecular complexity index is 768. The maximum absolute atomic E-state index is 12.2. The van der Waals surface area contributed by atoms with E-state index in [-0.39, 0.29) is 24.3 Å². The molecule has 1 fully saturated rings. The van der Waals surface area contributed by atoms with Gasteiger partial charge in [-0.15, -0.1) is 0 Å². The number of amides is 2. The molecule has 1 aromatic carbocycles. The standard InChI is InChI=1S/C17H15Cl2N3O2/c18-14-4-3-11(6-15(14)19)9-22-10-13(7-16(22)23)21-17(24)12-2-1-5-20-8-12/h1-6,8,13H,7,9-10H2,(H,21,24). The first-order chi connectivity index (χ1) is 11.5. The molecule has 0 aliphatic carbocycles. The summed E-state index contributed by atoms with van der Waals surface area (Å²) in [5.74, 6) is -0.227. The number of carbonyl (C=O) groups is 2. The summed E-state index contributed by atoms with van der Waals surface area (Å²) in [6.45, 7) is 0.903. The summed E-state index contributed by atoms with van der Waals surface area (Å²) in [7, 11) is 0. The number of benzene rings is 1. The summed E-state index contributed by atoms with van der Waals surface area (Å²) in [6, 6.07) is 8.47. The van der Waals surface area contributed by atoms with Crippen LogP contribution in [0.2, 0.25) is 10.0 Å². The highest BCUT2D eigenvalue weighted by atomic mass is 35.5. The van der Waals surface area contributed by atoms with Crippen LogP contribution in [-0.4, -0.2) is 34.3 Å². The molecular weight excluding hydrogens is 349 g/mol. The quantitative estimate of drug-likeness (QED) is 0.908. The molecule has 2 aromatic rings. The largest absolute Gasteiger partial charge is 0.347 e. The van der Waals surface area contributed by atoms with Crippen LogP contribution in [0.5, 0.6) is 0 Å². The van der Waals surface area contributed by atoms with Crippen LogP contribution < -0.4 is 5.32 Å². The van der Waals surface area contributed by atoms with Crippen LogP contribution in [-0.2, 0) is 11.3 Å². The van der Waals surface area contributed by atoms with Gasteiger partial charge in [0, 0.05) is 31.9 Å². The highest BCUT2D eigenvalue weighted by Gasteiger charge is 2.30. The lowest BCUT2D eigenvalue weighted by Crippen LogP contribution is -2.37. The number of hydrogen-bond donors (Lipinski definition) is 1. The highest BCUT2D eigenvalue weighted by molar-refractivity contribution is 6.42. The van der Waals surface area contributed by atoms with Crippen LogP contribution in [0.15, 0.2) is 42.7 Å². The number of pyridine rings is 1. The molecule has 0 radical (unpaired) electrons. The Balaban J connectivity index is 1.61. The van der Waals surface area contributed by atoms with Gasteiger partial charge in [-0.25, -0.2) is 0 Å². The molecular formula is C17H15Cl2N3O2. The summed E-state index contributed by atoms with van der Waals surface area (Å²) in [5.41, 5.74) is 1.38. The fourth-order valence-corrected chi connectivity index (χ4v) is 2.97. The monoisotopic (exact) mass is 363 g/mol. The van der Waals surface area contributed by atoms with E-state index in [2.05, 4.69) is 10.3 Å². The minimum absolute atomic E-state index is 0.00226. The summed E-state index contributed by atoms with van der Waals surface area (Å²) in [5, 5.41) is 3.81. The second kappa shape index (κ2) is 7.20. The van der Waals surface area contributed by atoms with Crippen molar-refractivity contribution < 1.29 is 9.59 Å². The molecule has 1 atom stereocenters. The molecule has 1 saturated heterocycles. The van der Waals surface area contributed by atoms with E-state index in [0.717, 1.165) is 5.56 Å². The van der Waals surface area contributed by atoms with Crippen LogP contribution in [0.25, 0.3) is 0 Å². The summed E-state index contributed by atoms with van der Waals surface area (Å²) in [6.07, 6.45) is 3.39. The molecule has 0 bridgehead atoms. The molecule has 1 N–H and O–H groups in total. The lowest BCUT2D eigenvalue weighted by atomic mass is 10.2. The Morgan fingerprint density at radius 1 is 1.29 bits per heavy atom. The number of carbonyl (C=O) groups excluding carboxylic acids is 2. The highest BCUT2D eigenvalue weighted by Crippen LogP contribution is 2.24. The second-order valence-electron chi connectivity index (χ2n) is 5.64. The molecule has 0 saturated carbocycles. The molecule has 3 rings (SSSR count). The fraction of sp³-hybridized carbons (Fsp3) is 0.235. The number of hydrogen-bond acceptors (Lipinski definition) is 3. The van der Waals surface area contributed by atoms with Gasteiger partial charge >= 0.3 is 0 Å². The zero-order valence-corrected chi connectivity index (χ0v) is 14.2. The Morgan fingerprint density at radius 2 is 2.12 bits per heavy atom. The van der Waals surface area contributed by atoms with Crippen LogP contribution in [0, 0.1) is 0 Å². The maximum Gasteiger partial charge on any atom is 0.253 e. The van der Waals surface area contributed by atoms with E-state index in [1.165, 1.54) is 6.20 Å². The topological polar surface area (TPSA) is 62.3 Å². The average Bonchev–Trinajstić information content (AvgIpc) is 2.91. The van der Waals surface area contributed by atoms with Gasteiger partial charge in [0.15, 0.2) is 0 Å². The Labute approximate surface area is 149 Å². The van der Waals surface area contributed by atoms with Crippen molar-refractivity contribution in [1.82, 2.24) is 15.2 Å². The third-order valence-corrected chi connectivity index (χ3v) is 4.57. The SMILES string of the molecule is O=C(NC1CC(=O)N(Cc2ccc(Cl)c(Cl)c2)C1)c1cccnc1. The molecule has 124 valence electrons. The van der Waals surface area contributed by atoms with Gasteiger partial charge in [0.1, 0.15) is 0 Å². The molecule has 2 amide bonds. The molecule has 1 aromatic heterocycles. The van der Waals surface area contributed by atoms with Crippen molar-refractivity contribution in [2.75, 3.05) is 6.54 Å². The first-order valence-corrected chi connectivity index (χ1v) is 8.21. The molecule has 1 aliphatic heterocycles. The third kappa shape index (κ3) is 3.86. The number of likely N-dealkylation sites (tertiary alicyclic amines) is 1. The normalized spacial score (nSPS) is 17.2. The van der Waals surface area contributed by atoms with Crippen molar-refractivity contribution >= 4 is 35.0 Å². The van der Waals surface area contributed by atoms with E-state index in [1.54, 1.807) is 35.4 Å². The van der Waals surface area contributed by atoms with Gasteiger partial charge in [0.25, 0.3) is 5.91 Å². The molecule has 0 spiro atoms. The lowest BCUT2D eigenvalue weighted by Gasteiger charge is -2.17. The second-order valence-corrected chi connectivity index (χ2v) is 6.45. The molecule has 1 unspecified atom stereocenters. The van der Waals surface area contributed by atoms with Crippen LogP contribution in [0.4, 0.5) is 0 Å². The van der Waals surface area contributed by atoms with E-state index in [9.17, 15) is 9.59 Å². The Morgan fingerprint density at radius 3 is 2.83 bits per heavy atom. The van der Waals surface area contributed by atoms with Crippen molar-refractivity contribution in [3.8, 4) is 0 Å². The lowest BCUT2D eigenvalue weighted by molar-refractivity contribution is -0.128.